The molecule has 1 aromatic heterocycles. The second-order valence-electron chi connectivity index (χ2n) is 7.34. The van der Waals surface area contributed by atoms with E-state index >= 15 is 0 Å². The number of likely N-dealkylation sites (tertiary alicyclic amines) is 1. The summed E-state index contributed by atoms with van der Waals surface area (Å²) in [5.41, 5.74) is 8.71. The molecule has 20 heavy (non-hydrogen) atoms. The predicted molar refractivity (Wildman–Crippen MR) is 77.8 cm³/mol. The Labute approximate surface area is 120 Å². The Kier molecular flexibility index (Phi) is 3.14. The number of halogens is 1. The van der Waals surface area contributed by atoms with Crippen LogP contribution in [0.1, 0.15) is 50.9 Å². The van der Waals surface area contributed by atoms with Crippen molar-refractivity contribution in [3.8, 4) is 0 Å². The van der Waals surface area contributed by atoms with Crippen molar-refractivity contribution < 1.29 is 4.39 Å². The highest BCUT2D eigenvalue weighted by molar-refractivity contribution is 5.33. The largest absolute Gasteiger partial charge is 0.323 e. The molecule has 3 nitrogen and oxygen atoms in total. The molecule has 2 heterocycles. The van der Waals surface area contributed by atoms with Crippen molar-refractivity contribution in [2.24, 2.45) is 11.1 Å². The quantitative estimate of drug-likeness (QED) is 0.741. The van der Waals surface area contributed by atoms with Gasteiger partial charge in [-0.05, 0) is 70.2 Å². The maximum absolute atomic E-state index is 13.3. The summed E-state index contributed by atoms with van der Waals surface area (Å²) in [7, 11) is 0. The smallest absolute Gasteiger partial charge is 0.213 e. The molecule has 1 saturated heterocycles. The van der Waals surface area contributed by atoms with Crippen molar-refractivity contribution >= 4 is 0 Å². The molecule has 3 rings (SSSR count). The lowest BCUT2D eigenvalue weighted by Gasteiger charge is -2.46. The molecule has 2 aliphatic rings. The lowest BCUT2D eigenvalue weighted by atomic mass is 9.72. The summed E-state index contributed by atoms with van der Waals surface area (Å²) < 4.78 is 13.3. The van der Waals surface area contributed by atoms with Crippen LogP contribution in [0.4, 0.5) is 4.39 Å². The number of piperidine rings is 1. The molecule has 1 aliphatic carbocycles. The molecule has 1 spiro atoms. The maximum Gasteiger partial charge on any atom is 0.213 e. The summed E-state index contributed by atoms with van der Waals surface area (Å²) in [5.74, 6) is -0.389. The van der Waals surface area contributed by atoms with Gasteiger partial charge in [-0.3, -0.25) is 4.90 Å². The highest BCUT2D eigenvalue weighted by Gasteiger charge is 2.47. The van der Waals surface area contributed by atoms with E-state index in [1.54, 1.807) is 0 Å². The van der Waals surface area contributed by atoms with Gasteiger partial charge < -0.3 is 5.73 Å². The van der Waals surface area contributed by atoms with E-state index in [1.165, 1.54) is 6.07 Å². The third kappa shape index (κ3) is 2.15. The molecule has 0 radical (unpaired) electrons. The fourth-order valence-electron chi connectivity index (χ4n) is 3.79. The average molecular weight is 277 g/mol. The average Bonchev–Trinajstić information content (AvgIpc) is 2.61. The molecule has 0 saturated carbocycles. The first kappa shape index (κ1) is 14.0. The molecule has 110 valence electrons. The van der Waals surface area contributed by atoms with Crippen molar-refractivity contribution in [2.45, 2.75) is 51.6 Å². The Bertz CT molecular complexity index is 513. The molecule has 1 atom stereocenters. The van der Waals surface area contributed by atoms with Gasteiger partial charge in [-0.2, -0.15) is 4.39 Å². The van der Waals surface area contributed by atoms with Crippen LogP contribution in [0, 0.1) is 11.4 Å². The Hall–Kier alpha value is -1.00. The van der Waals surface area contributed by atoms with E-state index in [2.05, 4.69) is 30.7 Å². The van der Waals surface area contributed by atoms with Crippen LogP contribution in [0.2, 0.25) is 0 Å². The Morgan fingerprint density at radius 3 is 2.55 bits per heavy atom. The number of rotatable bonds is 0. The first-order valence-corrected chi connectivity index (χ1v) is 7.48. The van der Waals surface area contributed by atoms with Gasteiger partial charge in [0.2, 0.25) is 5.95 Å². The lowest BCUT2D eigenvalue weighted by molar-refractivity contribution is 0.0343. The number of nitrogens with two attached hydrogens (primary N) is 1. The summed E-state index contributed by atoms with van der Waals surface area (Å²) in [6, 6.07) is 3.27. The van der Waals surface area contributed by atoms with Crippen LogP contribution < -0.4 is 5.73 Å². The summed E-state index contributed by atoms with van der Waals surface area (Å²) in [6.45, 7) is 8.89. The number of aromatic nitrogens is 1. The monoisotopic (exact) mass is 277 g/mol. The third-order valence-corrected chi connectivity index (χ3v) is 5.20. The minimum Gasteiger partial charge on any atom is -0.323 e. The van der Waals surface area contributed by atoms with Crippen LogP contribution in [0.15, 0.2) is 12.1 Å². The van der Waals surface area contributed by atoms with Crippen LogP contribution in [0.25, 0.3) is 0 Å². The summed E-state index contributed by atoms with van der Waals surface area (Å²) in [5, 5.41) is 0. The van der Waals surface area contributed by atoms with Crippen molar-refractivity contribution in [2.75, 3.05) is 13.1 Å². The molecule has 4 heteroatoms. The minimum atomic E-state index is -0.389. The highest BCUT2D eigenvalue weighted by atomic mass is 19.1. The van der Waals surface area contributed by atoms with E-state index < -0.39 is 0 Å². The first-order chi connectivity index (χ1) is 9.32. The zero-order valence-electron chi connectivity index (χ0n) is 12.6. The van der Waals surface area contributed by atoms with Crippen LogP contribution in [-0.2, 0) is 6.42 Å². The molecule has 0 amide bonds. The normalized spacial score (nSPS) is 25.9. The second kappa shape index (κ2) is 4.50. The fourth-order valence-corrected chi connectivity index (χ4v) is 3.79. The Morgan fingerprint density at radius 1 is 1.30 bits per heavy atom. The van der Waals surface area contributed by atoms with Gasteiger partial charge in [0, 0.05) is 17.3 Å². The van der Waals surface area contributed by atoms with Crippen molar-refractivity contribution in [3.63, 3.8) is 0 Å². The zero-order chi connectivity index (χ0) is 14.5. The van der Waals surface area contributed by atoms with E-state index in [9.17, 15) is 4.39 Å². The molecule has 0 bridgehead atoms. The van der Waals surface area contributed by atoms with E-state index in [0.717, 1.165) is 43.6 Å². The summed E-state index contributed by atoms with van der Waals surface area (Å²) in [4.78, 5) is 6.58. The number of nitrogens with zero attached hydrogens (tertiary/aromatic N) is 2. The number of pyridine rings is 1. The lowest BCUT2D eigenvalue weighted by Crippen LogP contribution is -2.51. The summed E-state index contributed by atoms with van der Waals surface area (Å²) in [6.07, 6.45) is 2.98. The molecular formula is C16H24FN3. The Morgan fingerprint density at radius 2 is 1.95 bits per heavy atom. The van der Waals surface area contributed by atoms with Gasteiger partial charge in [0.1, 0.15) is 0 Å². The SMILES string of the molecule is CC(C)(C)N1CCC2(CC1)Cc1nc(F)ccc1[C@H]2N. The van der Waals surface area contributed by atoms with E-state index in [0.29, 0.717) is 0 Å². The van der Waals surface area contributed by atoms with Gasteiger partial charge in [0.05, 0.1) is 0 Å². The molecule has 2 N–H and O–H groups in total. The molecule has 0 aromatic carbocycles. The predicted octanol–water partition coefficient (Wildman–Crippen LogP) is 2.66. The number of hydrogen-bond donors (Lipinski definition) is 1. The van der Waals surface area contributed by atoms with E-state index in [1.807, 2.05) is 6.07 Å². The van der Waals surface area contributed by atoms with Crippen molar-refractivity contribution in [1.29, 1.82) is 0 Å². The second-order valence-corrected chi connectivity index (χ2v) is 7.34. The maximum atomic E-state index is 13.3. The van der Waals surface area contributed by atoms with Crippen LogP contribution in [0.3, 0.4) is 0 Å². The van der Waals surface area contributed by atoms with E-state index in [-0.39, 0.29) is 22.9 Å². The van der Waals surface area contributed by atoms with Gasteiger partial charge in [0.25, 0.3) is 0 Å². The standard InChI is InChI=1S/C16H24FN3/c1-15(2,3)20-8-6-16(7-9-20)10-12-11(14(16)18)4-5-13(17)19-12/h4-5,14H,6-10,18H2,1-3H3/t14-/m1/s1. The molecule has 1 aliphatic heterocycles. The molecule has 0 unspecified atom stereocenters. The van der Waals surface area contributed by atoms with Gasteiger partial charge in [-0.25, -0.2) is 4.98 Å². The highest BCUT2D eigenvalue weighted by Crippen LogP contribution is 2.50. The van der Waals surface area contributed by atoms with Gasteiger partial charge in [0.15, 0.2) is 0 Å². The first-order valence-electron chi connectivity index (χ1n) is 7.48. The van der Waals surface area contributed by atoms with E-state index in [4.69, 9.17) is 5.73 Å². The molecule has 1 fully saturated rings. The van der Waals surface area contributed by atoms with Gasteiger partial charge in [-0.15, -0.1) is 0 Å². The zero-order valence-corrected chi connectivity index (χ0v) is 12.6. The van der Waals surface area contributed by atoms with Gasteiger partial charge in [-0.1, -0.05) is 6.07 Å². The summed E-state index contributed by atoms with van der Waals surface area (Å²) >= 11 is 0. The van der Waals surface area contributed by atoms with Gasteiger partial charge >= 0.3 is 0 Å². The number of hydrogen-bond acceptors (Lipinski definition) is 3. The molecule has 1 aromatic rings. The fraction of sp³-hybridized carbons (Fsp3) is 0.688. The topological polar surface area (TPSA) is 42.2 Å². The number of fused-ring (bicyclic) bond motifs is 1. The van der Waals surface area contributed by atoms with Crippen molar-refractivity contribution in [3.05, 3.63) is 29.3 Å². The van der Waals surface area contributed by atoms with Crippen LogP contribution in [-0.4, -0.2) is 28.5 Å². The van der Waals surface area contributed by atoms with Crippen molar-refractivity contribution in [1.82, 2.24) is 9.88 Å². The minimum absolute atomic E-state index is 0.00715. The van der Waals surface area contributed by atoms with Crippen LogP contribution in [0.5, 0.6) is 0 Å². The Balaban J connectivity index is 1.81. The third-order valence-electron chi connectivity index (χ3n) is 5.20. The van der Waals surface area contributed by atoms with Crippen LogP contribution >= 0.6 is 0 Å². The molecular weight excluding hydrogens is 253 g/mol.